The van der Waals surface area contributed by atoms with Gasteiger partial charge >= 0.3 is 0 Å². The van der Waals surface area contributed by atoms with Gasteiger partial charge < -0.3 is 15.2 Å². The number of methoxy groups -OCH3 is 1. The Hall–Kier alpha value is -2.24. The predicted molar refractivity (Wildman–Crippen MR) is 90.5 cm³/mol. The molecule has 22 heavy (non-hydrogen) atoms. The molecule has 2 N–H and O–H groups in total. The minimum absolute atomic E-state index is 0.241. The molecule has 1 aromatic heterocycles. The highest BCUT2D eigenvalue weighted by atomic mass is 35.5. The monoisotopic (exact) mass is 332 g/mol. The maximum absolute atomic E-state index is 9.32. The number of anilines is 2. The number of ether oxygens (including phenoxy) is 1. The van der Waals surface area contributed by atoms with Gasteiger partial charge in [-0.25, -0.2) is 4.98 Å². The summed E-state index contributed by atoms with van der Waals surface area (Å²) in [7, 11) is 1.58. The second-order valence-corrected chi connectivity index (χ2v) is 5.82. The van der Waals surface area contributed by atoms with Crippen LogP contribution in [0.1, 0.15) is 0 Å². The van der Waals surface area contributed by atoms with E-state index in [0.717, 1.165) is 22.1 Å². The summed E-state index contributed by atoms with van der Waals surface area (Å²) < 4.78 is 5.13. The van der Waals surface area contributed by atoms with Crippen LogP contribution < -0.4 is 10.1 Å². The summed E-state index contributed by atoms with van der Waals surface area (Å²) >= 11 is 7.61. The molecule has 0 amide bonds. The zero-order chi connectivity index (χ0) is 15.5. The highest BCUT2D eigenvalue weighted by Crippen LogP contribution is 2.31. The lowest BCUT2D eigenvalue weighted by molar-refractivity contribution is 0.415. The van der Waals surface area contributed by atoms with E-state index in [1.165, 1.54) is 11.3 Å². The first-order valence-electron chi connectivity index (χ1n) is 6.51. The Balaban J connectivity index is 1.79. The molecule has 0 aliphatic heterocycles. The topological polar surface area (TPSA) is 54.4 Å². The minimum Gasteiger partial charge on any atom is -0.508 e. The number of hydrogen-bond acceptors (Lipinski definition) is 5. The van der Waals surface area contributed by atoms with E-state index >= 15 is 0 Å². The van der Waals surface area contributed by atoms with Crippen LogP contribution in [0.5, 0.6) is 11.5 Å². The van der Waals surface area contributed by atoms with E-state index in [1.807, 2.05) is 23.6 Å². The van der Waals surface area contributed by atoms with Gasteiger partial charge in [0.15, 0.2) is 5.13 Å². The zero-order valence-corrected chi connectivity index (χ0v) is 13.3. The minimum atomic E-state index is 0.241. The van der Waals surface area contributed by atoms with Gasteiger partial charge in [0.05, 0.1) is 17.8 Å². The molecule has 0 saturated heterocycles. The highest BCUT2D eigenvalue weighted by molar-refractivity contribution is 7.14. The molecule has 0 unspecified atom stereocenters. The fourth-order valence-corrected chi connectivity index (χ4v) is 2.96. The van der Waals surface area contributed by atoms with E-state index in [2.05, 4.69) is 10.3 Å². The summed E-state index contributed by atoms with van der Waals surface area (Å²) in [6.07, 6.45) is 0. The van der Waals surface area contributed by atoms with Crippen molar-refractivity contribution >= 4 is 33.8 Å². The number of aromatic nitrogens is 1. The zero-order valence-electron chi connectivity index (χ0n) is 11.7. The Morgan fingerprint density at radius 3 is 2.64 bits per heavy atom. The third-order valence-corrected chi connectivity index (χ3v) is 4.12. The van der Waals surface area contributed by atoms with Crippen LogP contribution >= 0.6 is 22.9 Å². The summed E-state index contributed by atoms with van der Waals surface area (Å²) in [5.74, 6) is 0.876. The lowest BCUT2D eigenvalue weighted by Crippen LogP contribution is -1.91. The molecular weight excluding hydrogens is 320 g/mol. The Bertz CT molecular complexity index is 787. The van der Waals surface area contributed by atoms with Gasteiger partial charge in [0, 0.05) is 16.6 Å². The van der Waals surface area contributed by atoms with E-state index in [0.29, 0.717) is 10.8 Å². The van der Waals surface area contributed by atoms with Crippen molar-refractivity contribution in [3.05, 3.63) is 52.9 Å². The third-order valence-electron chi connectivity index (χ3n) is 3.07. The summed E-state index contributed by atoms with van der Waals surface area (Å²) in [6.45, 7) is 0. The number of phenolic OH excluding ortho intramolecular Hbond substituents is 1. The molecule has 0 bridgehead atoms. The number of nitrogens with zero attached hydrogens (tertiary/aromatic N) is 1. The molecule has 6 heteroatoms. The van der Waals surface area contributed by atoms with Crippen molar-refractivity contribution in [2.75, 3.05) is 12.4 Å². The molecule has 4 nitrogen and oxygen atoms in total. The number of aromatic hydroxyl groups is 1. The number of nitrogens with one attached hydrogen (secondary N) is 1. The maximum Gasteiger partial charge on any atom is 0.187 e. The molecule has 0 fully saturated rings. The first kappa shape index (κ1) is 14.7. The number of benzene rings is 2. The molecule has 0 spiro atoms. The van der Waals surface area contributed by atoms with Crippen molar-refractivity contribution in [2.45, 2.75) is 0 Å². The molecule has 3 aromatic rings. The number of halogens is 1. The quantitative estimate of drug-likeness (QED) is 0.712. The van der Waals surface area contributed by atoms with Gasteiger partial charge in [-0.05, 0) is 42.5 Å². The van der Waals surface area contributed by atoms with Crippen molar-refractivity contribution in [3.8, 4) is 22.8 Å². The normalized spacial score (nSPS) is 10.5. The van der Waals surface area contributed by atoms with Gasteiger partial charge in [0.1, 0.15) is 11.5 Å². The fourth-order valence-electron chi connectivity index (χ4n) is 1.96. The van der Waals surface area contributed by atoms with Gasteiger partial charge in [-0.2, -0.15) is 0 Å². The van der Waals surface area contributed by atoms with Crippen LogP contribution in [0.25, 0.3) is 11.3 Å². The molecular formula is C16H13ClN2O2S. The van der Waals surface area contributed by atoms with E-state index in [-0.39, 0.29) is 5.75 Å². The summed E-state index contributed by atoms with van der Waals surface area (Å²) in [5.41, 5.74) is 2.65. The van der Waals surface area contributed by atoms with Crippen molar-refractivity contribution in [3.63, 3.8) is 0 Å². The van der Waals surface area contributed by atoms with Crippen LogP contribution in [-0.4, -0.2) is 17.2 Å². The standard InChI is InChI=1S/C16H13ClN2O2S/c1-21-15-7-4-11(8-13(15)17)18-16-19-14(9-22-16)10-2-5-12(20)6-3-10/h2-9,20H,1H3,(H,18,19). The Morgan fingerprint density at radius 1 is 1.18 bits per heavy atom. The van der Waals surface area contributed by atoms with Gasteiger partial charge in [-0.3, -0.25) is 0 Å². The first-order chi connectivity index (χ1) is 10.7. The molecule has 0 aliphatic rings. The van der Waals surface area contributed by atoms with Crippen molar-refractivity contribution in [1.29, 1.82) is 0 Å². The molecule has 0 radical (unpaired) electrons. The van der Waals surface area contributed by atoms with Crippen molar-refractivity contribution in [2.24, 2.45) is 0 Å². The average Bonchev–Trinajstić information content (AvgIpc) is 2.97. The van der Waals surface area contributed by atoms with Gasteiger partial charge in [-0.15, -0.1) is 11.3 Å². The Labute approximate surface area is 137 Å². The summed E-state index contributed by atoms with van der Waals surface area (Å²) in [4.78, 5) is 4.53. The second kappa shape index (κ2) is 6.25. The largest absolute Gasteiger partial charge is 0.508 e. The lowest BCUT2D eigenvalue weighted by Gasteiger charge is -2.06. The molecule has 1 heterocycles. The van der Waals surface area contributed by atoms with Crippen molar-refractivity contribution in [1.82, 2.24) is 4.98 Å². The highest BCUT2D eigenvalue weighted by Gasteiger charge is 2.07. The van der Waals surface area contributed by atoms with E-state index < -0.39 is 0 Å². The average molecular weight is 333 g/mol. The fraction of sp³-hybridized carbons (Fsp3) is 0.0625. The van der Waals surface area contributed by atoms with Crippen LogP contribution in [-0.2, 0) is 0 Å². The van der Waals surface area contributed by atoms with E-state index in [4.69, 9.17) is 16.3 Å². The van der Waals surface area contributed by atoms with Crippen LogP contribution in [0.3, 0.4) is 0 Å². The predicted octanol–water partition coefficient (Wildman–Crippen LogP) is 4.92. The smallest absolute Gasteiger partial charge is 0.187 e. The maximum atomic E-state index is 9.32. The third kappa shape index (κ3) is 3.16. The summed E-state index contributed by atoms with van der Waals surface area (Å²) in [6, 6.07) is 12.4. The van der Waals surface area contributed by atoms with Gasteiger partial charge in [0.25, 0.3) is 0 Å². The summed E-state index contributed by atoms with van der Waals surface area (Å²) in [5, 5.41) is 15.8. The van der Waals surface area contributed by atoms with Gasteiger partial charge in [-0.1, -0.05) is 11.6 Å². The van der Waals surface area contributed by atoms with Crippen LogP contribution in [0.2, 0.25) is 5.02 Å². The van der Waals surface area contributed by atoms with Crippen LogP contribution in [0, 0.1) is 0 Å². The Morgan fingerprint density at radius 2 is 1.95 bits per heavy atom. The number of hydrogen-bond donors (Lipinski definition) is 2. The first-order valence-corrected chi connectivity index (χ1v) is 7.77. The van der Waals surface area contributed by atoms with Crippen LogP contribution in [0.4, 0.5) is 10.8 Å². The number of thiazole rings is 1. The van der Waals surface area contributed by atoms with E-state index in [9.17, 15) is 5.11 Å². The van der Waals surface area contributed by atoms with Crippen molar-refractivity contribution < 1.29 is 9.84 Å². The Kier molecular flexibility index (Phi) is 4.18. The van der Waals surface area contributed by atoms with Crippen LogP contribution in [0.15, 0.2) is 47.8 Å². The molecule has 3 rings (SSSR count). The molecule has 2 aromatic carbocycles. The second-order valence-electron chi connectivity index (χ2n) is 4.56. The molecule has 0 saturated carbocycles. The van der Waals surface area contributed by atoms with E-state index in [1.54, 1.807) is 31.4 Å². The number of phenols is 1. The lowest BCUT2D eigenvalue weighted by atomic mass is 10.2. The van der Waals surface area contributed by atoms with Gasteiger partial charge in [0.2, 0.25) is 0 Å². The number of rotatable bonds is 4. The molecule has 112 valence electrons. The molecule has 0 aliphatic carbocycles. The molecule has 0 atom stereocenters. The SMILES string of the molecule is COc1ccc(Nc2nc(-c3ccc(O)cc3)cs2)cc1Cl.